The smallest absolute Gasteiger partial charge is 0.408 e. The van der Waals surface area contributed by atoms with Gasteiger partial charge in [0.25, 0.3) is 5.91 Å². The highest BCUT2D eigenvalue weighted by molar-refractivity contribution is 6.89. The average molecular weight is 450 g/mol. The van der Waals surface area contributed by atoms with Crippen molar-refractivity contribution in [2.45, 2.75) is 38.5 Å². The summed E-state index contributed by atoms with van der Waals surface area (Å²) in [6.45, 7) is 5.69. The molecule has 0 aliphatic carbocycles. The monoisotopic (exact) mass is 449 g/mol. The minimum Gasteiger partial charge on any atom is -0.481 e. The molecule has 0 saturated carbocycles. The lowest BCUT2D eigenvalue weighted by Gasteiger charge is -2.33. The summed E-state index contributed by atoms with van der Waals surface area (Å²) in [5.74, 6) is -1.78. The number of fused-ring (bicyclic) bond motifs is 1. The molecule has 0 unspecified atom stereocenters. The van der Waals surface area contributed by atoms with Crippen molar-refractivity contribution < 1.29 is 28.2 Å². The molecule has 1 aliphatic rings. The Bertz CT molecular complexity index is 1010. The normalized spacial score (nSPS) is 15.9. The Hall–Kier alpha value is -3.01. The van der Waals surface area contributed by atoms with Crippen molar-refractivity contribution in [3.05, 3.63) is 47.2 Å². The van der Waals surface area contributed by atoms with Gasteiger partial charge in [-0.15, -0.1) is 0 Å². The van der Waals surface area contributed by atoms with Gasteiger partial charge in [-0.05, 0) is 18.2 Å². The molecule has 1 aromatic carbocycles. The summed E-state index contributed by atoms with van der Waals surface area (Å²) in [5.41, 5.74) is 0.882. The van der Waals surface area contributed by atoms with Crippen molar-refractivity contribution >= 4 is 30.9 Å². The van der Waals surface area contributed by atoms with Crippen LogP contribution in [0.2, 0.25) is 19.1 Å². The fraction of sp³-hybridized carbons (Fsp3) is 0.381. The highest BCUT2D eigenvalue weighted by atomic mass is 28.3. The second-order valence-corrected chi connectivity index (χ2v) is 13.0. The number of aromatic nitrogens is 1. The number of hydrogen-bond donors (Lipinski definition) is 2. The lowest BCUT2D eigenvalue weighted by molar-refractivity contribution is -0.121. The van der Waals surface area contributed by atoms with Crippen molar-refractivity contribution in [2.75, 3.05) is 19.0 Å². The molecule has 1 atom stereocenters. The Morgan fingerprint density at radius 2 is 1.94 bits per heavy atom. The quantitative estimate of drug-likeness (QED) is 0.682. The molecular weight excluding hydrogens is 424 g/mol. The van der Waals surface area contributed by atoms with Crippen molar-refractivity contribution in [1.29, 1.82) is 0 Å². The van der Waals surface area contributed by atoms with Crippen LogP contribution in [-0.2, 0) is 11.2 Å². The number of ether oxygens (including phenoxy) is 1. The van der Waals surface area contributed by atoms with Gasteiger partial charge in [0.05, 0.1) is 20.9 Å². The van der Waals surface area contributed by atoms with Gasteiger partial charge in [0.15, 0.2) is 0 Å². The van der Waals surface area contributed by atoms with Crippen LogP contribution in [0.4, 0.5) is 19.3 Å². The molecule has 2 N–H and O–H groups in total. The molecule has 3 rings (SSSR count). The van der Waals surface area contributed by atoms with Gasteiger partial charge in [0, 0.05) is 35.5 Å². The summed E-state index contributed by atoms with van der Waals surface area (Å²) < 4.78 is 34.6. The minimum atomic E-state index is -2.29. The Kier molecular flexibility index (Phi) is 6.30. The van der Waals surface area contributed by atoms with Crippen LogP contribution in [-0.4, -0.2) is 48.7 Å². The zero-order valence-corrected chi connectivity index (χ0v) is 18.8. The lowest BCUT2D eigenvalue weighted by atomic mass is 9.96. The van der Waals surface area contributed by atoms with Gasteiger partial charge in [0.2, 0.25) is 5.88 Å². The summed E-state index contributed by atoms with van der Waals surface area (Å²) in [6.07, 6.45) is -0.956. The summed E-state index contributed by atoms with van der Waals surface area (Å²) in [6, 6.07) is 4.75. The number of carbonyl (C=O) groups is 2. The SMILES string of the molecule is CC[Si](C)(C)c1c(F)cc(NC(=O)[C@H]2c3ccc(OC)nc3CCN2C(=O)O)cc1F. The number of methoxy groups -OCH3 is 1. The maximum Gasteiger partial charge on any atom is 0.408 e. The van der Waals surface area contributed by atoms with E-state index < -0.39 is 37.8 Å². The number of pyridine rings is 1. The molecule has 0 radical (unpaired) electrons. The third-order valence-electron chi connectivity index (χ3n) is 5.75. The van der Waals surface area contributed by atoms with Gasteiger partial charge >= 0.3 is 6.09 Å². The lowest BCUT2D eigenvalue weighted by Crippen LogP contribution is -2.46. The topological polar surface area (TPSA) is 91.8 Å². The number of nitrogens with zero attached hydrogens (tertiary/aromatic N) is 2. The van der Waals surface area contributed by atoms with E-state index in [9.17, 15) is 23.5 Å². The van der Waals surface area contributed by atoms with Crippen LogP contribution in [0, 0.1) is 11.6 Å². The molecule has 7 nitrogen and oxygen atoms in total. The molecule has 0 spiro atoms. The first-order chi connectivity index (χ1) is 14.6. The number of rotatable bonds is 5. The largest absolute Gasteiger partial charge is 0.481 e. The van der Waals surface area contributed by atoms with Crippen LogP contribution < -0.4 is 15.2 Å². The molecule has 2 amide bonds. The van der Waals surface area contributed by atoms with Crippen LogP contribution >= 0.6 is 0 Å². The molecule has 0 fully saturated rings. The van der Waals surface area contributed by atoms with Gasteiger partial charge < -0.3 is 15.2 Å². The first-order valence-corrected chi connectivity index (χ1v) is 13.1. The second kappa shape index (κ2) is 8.62. The second-order valence-electron chi connectivity index (χ2n) is 8.06. The summed E-state index contributed by atoms with van der Waals surface area (Å²) in [7, 11) is -0.830. The molecular formula is C21H25F2N3O4Si. The number of carboxylic acid groups (broad SMARTS) is 1. The van der Waals surface area contributed by atoms with E-state index in [2.05, 4.69) is 10.3 Å². The number of amides is 2. The molecule has 2 aromatic rings. The molecule has 1 aliphatic heterocycles. The number of hydrogen-bond acceptors (Lipinski definition) is 4. The van der Waals surface area contributed by atoms with Crippen molar-refractivity contribution in [1.82, 2.24) is 9.88 Å². The van der Waals surface area contributed by atoms with Gasteiger partial charge in [-0.2, -0.15) is 0 Å². The van der Waals surface area contributed by atoms with E-state index in [1.54, 1.807) is 6.07 Å². The molecule has 1 aromatic heterocycles. The third-order valence-corrected chi connectivity index (χ3v) is 9.35. The third kappa shape index (κ3) is 4.39. The number of halogens is 2. The van der Waals surface area contributed by atoms with E-state index in [0.717, 1.165) is 17.0 Å². The van der Waals surface area contributed by atoms with E-state index in [1.807, 2.05) is 20.0 Å². The van der Waals surface area contributed by atoms with Crippen LogP contribution in [0.25, 0.3) is 0 Å². The highest BCUT2D eigenvalue weighted by Crippen LogP contribution is 2.31. The molecule has 10 heteroatoms. The fourth-order valence-corrected chi connectivity index (χ4v) is 5.54. The van der Waals surface area contributed by atoms with Crippen LogP contribution in [0.15, 0.2) is 24.3 Å². The van der Waals surface area contributed by atoms with Crippen LogP contribution in [0.1, 0.15) is 24.2 Å². The first-order valence-electron chi connectivity index (χ1n) is 9.92. The van der Waals surface area contributed by atoms with E-state index in [-0.39, 0.29) is 17.4 Å². The van der Waals surface area contributed by atoms with Crippen LogP contribution in [0.5, 0.6) is 5.88 Å². The zero-order chi connectivity index (χ0) is 22.9. The highest BCUT2D eigenvalue weighted by Gasteiger charge is 2.37. The van der Waals surface area contributed by atoms with Gasteiger partial charge in [0.1, 0.15) is 17.7 Å². The Morgan fingerprint density at radius 3 is 2.48 bits per heavy atom. The van der Waals surface area contributed by atoms with Crippen molar-refractivity contribution in [3.8, 4) is 5.88 Å². The zero-order valence-electron chi connectivity index (χ0n) is 17.8. The molecule has 0 saturated heterocycles. The minimum absolute atomic E-state index is 0.0541. The summed E-state index contributed by atoms with van der Waals surface area (Å²) >= 11 is 0. The fourth-order valence-electron chi connectivity index (χ4n) is 3.75. The van der Waals surface area contributed by atoms with Crippen molar-refractivity contribution in [2.24, 2.45) is 0 Å². The van der Waals surface area contributed by atoms with Gasteiger partial charge in [-0.1, -0.05) is 26.1 Å². The number of carbonyl (C=O) groups excluding carboxylic acids is 1. The maximum absolute atomic E-state index is 14.7. The average Bonchev–Trinajstić information content (AvgIpc) is 2.71. The molecule has 31 heavy (non-hydrogen) atoms. The predicted octanol–water partition coefficient (Wildman–Crippen LogP) is 3.52. The van der Waals surface area contributed by atoms with E-state index in [0.29, 0.717) is 29.6 Å². The summed E-state index contributed by atoms with van der Waals surface area (Å²) in [5, 5.41) is 12.1. The molecule has 2 heterocycles. The maximum atomic E-state index is 14.7. The summed E-state index contributed by atoms with van der Waals surface area (Å²) in [4.78, 5) is 30.1. The number of benzene rings is 1. The first kappa shape index (κ1) is 22.7. The Morgan fingerprint density at radius 1 is 1.29 bits per heavy atom. The number of anilines is 1. The van der Waals surface area contributed by atoms with E-state index in [4.69, 9.17) is 4.74 Å². The Labute approximate surface area is 180 Å². The Balaban J connectivity index is 1.96. The van der Waals surface area contributed by atoms with Crippen LogP contribution in [0.3, 0.4) is 0 Å². The predicted molar refractivity (Wildman–Crippen MR) is 115 cm³/mol. The number of nitrogens with one attached hydrogen (secondary N) is 1. The van der Waals surface area contributed by atoms with E-state index in [1.165, 1.54) is 13.2 Å². The van der Waals surface area contributed by atoms with Gasteiger partial charge in [-0.25, -0.2) is 18.6 Å². The van der Waals surface area contributed by atoms with E-state index >= 15 is 0 Å². The molecule has 0 bridgehead atoms. The van der Waals surface area contributed by atoms with Crippen molar-refractivity contribution in [3.63, 3.8) is 0 Å². The molecule has 166 valence electrons. The van der Waals surface area contributed by atoms with Gasteiger partial charge in [-0.3, -0.25) is 9.69 Å². The standard InChI is InChI=1S/C21H25F2N3O4Si/c1-5-31(3,4)19-14(22)10-12(11-15(19)23)24-20(27)18-13-6-7-17(30-2)25-16(13)8-9-26(18)21(28)29/h6-7,10-11,18H,5,8-9H2,1-4H3,(H,24,27)(H,28,29)/t18-/m1/s1.